The van der Waals surface area contributed by atoms with Crippen LogP contribution in [0.1, 0.15) is 28.8 Å². The first-order valence-electron chi connectivity index (χ1n) is 10.9. The van der Waals surface area contributed by atoms with Crippen LogP contribution in [0.2, 0.25) is 0 Å². The van der Waals surface area contributed by atoms with Gasteiger partial charge >= 0.3 is 6.36 Å². The molecule has 12 heteroatoms. The van der Waals surface area contributed by atoms with Crippen molar-refractivity contribution in [1.29, 1.82) is 0 Å². The van der Waals surface area contributed by atoms with Gasteiger partial charge in [0.25, 0.3) is 5.91 Å². The van der Waals surface area contributed by atoms with Crippen molar-refractivity contribution < 1.29 is 27.2 Å². The highest BCUT2D eigenvalue weighted by Crippen LogP contribution is 2.40. The van der Waals surface area contributed by atoms with Gasteiger partial charge in [-0.05, 0) is 24.1 Å². The van der Waals surface area contributed by atoms with E-state index in [9.17, 15) is 18.0 Å². The van der Waals surface area contributed by atoms with E-state index in [-0.39, 0.29) is 23.2 Å². The third kappa shape index (κ3) is 4.63. The zero-order valence-electron chi connectivity index (χ0n) is 19.2. The molecule has 3 heterocycles. The van der Waals surface area contributed by atoms with Gasteiger partial charge in [0.15, 0.2) is 5.13 Å². The van der Waals surface area contributed by atoms with Crippen molar-refractivity contribution in [3.63, 3.8) is 0 Å². The molecule has 1 amide bonds. The summed E-state index contributed by atoms with van der Waals surface area (Å²) in [6.07, 6.45) is -4.30. The van der Waals surface area contributed by atoms with Crippen LogP contribution < -0.4 is 9.64 Å². The van der Waals surface area contributed by atoms with E-state index in [2.05, 4.69) is 19.9 Å². The summed E-state index contributed by atoms with van der Waals surface area (Å²) in [4.78, 5) is 26.6. The van der Waals surface area contributed by atoms with Crippen molar-refractivity contribution in [3.05, 3.63) is 66.2 Å². The number of rotatable bonds is 6. The molecule has 1 fully saturated rings. The monoisotopic (exact) mass is 515 g/mol. The smallest absolute Gasteiger partial charge is 0.405 e. The lowest BCUT2D eigenvalue weighted by molar-refractivity contribution is -0.274. The number of nitrogens with zero attached hydrogens (tertiary/aromatic N) is 5. The van der Waals surface area contributed by atoms with Crippen molar-refractivity contribution in [1.82, 2.24) is 20.0 Å². The lowest BCUT2D eigenvalue weighted by atomic mass is 10.0. The Labute approximate surface area is 207 Å². The SMILES string of the molecule is CN(C)c1nc(C(=O)N2CCC2c2nc(-c3ccccc3OC(F)(F)F)no2)c(-c2ccccc2)s1. The Hall–Kier alpha value is -3.93. The van der Waals surface area contributed by atoms with E-state index in [4.69, 9.17) is 4.52 Å². The van der Waals surface area contributed by atoms with Crippen molar-refractivity contribution in [3.8, 4) is 27.6 Å². The number of benzene rings is 2. The topological polar surface area (TPSA) is 84.6 Å². The van der Waals surface area contributed by atoms with Crippen LogP contribution in [-0.4, -0.2) is 52.9 Å². The molecular formula is C24H20F3N5O3S. The summed E-state index contributed by atoms with van der Waals surface area (Å²) in [5.74, 6) is -0.645. The highest BCUT2D eigenvalue weighted by molar-refractivity contribution is 7.19. The maximum Gasteiger partial charge on any atom is 0.573 e. The predicted octanol–water partition coefficient (Wildman–Crippen LogP) is 5.41. The first-order chi connectivity index (χ1) is 17.2. The number of halogens is 3. The third-order valence-corrected chi connectivity index (χ3v) is 6.87. The molecule has 0 saturated carbocycles. The summed E-state index contributed by atoms with van der Waals surface area (Å²) < 4.78 is 47.9. The summed E-state index contributed by atoms with van der Waals surface area (Å²) in [6, 6.07) is 14.6. The Morgan fingerprint density at radius 2 is 1.83 bits per heavy atom. The van der Waals surface area contributed by atoms with Crippen LogP contribution in [0.4, 0.5) is 18.3 Å². The number of carbonyl (C=O) groups is 1. The van der Waals surface area contributed by atoms with Crippen LogP contribution in [0.15, 0.2) is 59.1 Å². The Balaban J connectivity index is 1.42. The lowest BCUT2D eigenvalue weighted by Gasteiger charge is -2.38. The second kappa shape index (κ2) is 9.26. The second-order valence-corrected chi connectivity index (χ2v) is 9.22. The number of para-hydroxylation sites is 1. The van der Waals surface area contributed by atoms with Gasteiger partial charge in [0, 0.05) is 20.6 Å². The molecule has 1 aliphatic rings. The molecule has 1 saturated heterocycles. The van der Waals surface area contributed by atoms with Crippen molar-refractivity contribution >= 4 is 22.4 Å². The number of hydrogen-bond acceptors (Lipinski definition) is 8. The number of likely N-dealkylation sites (tertiary alicyclic amines) is 1. The molecule has 1 atom stereocenters. The number of thiazole rings is 1. The zero-order chi connectivity index (χ0) is 25.4. The van der Waals surface area contributed by atoms with E-state index < -0.39 is 18.2 Å². The van der Waals surface area contributed by atoms with Gasteiger partial charge in [0.2, 0.25) is 11.7 Å². The van der Waals surface area contributed by atoms with Gasteiger partial charge in [-0.1, -0.05) is 59.0 Å². The van der Waals surface area contributed by atoms with E-state index in [1.165, 1.54) is 29.5 Å². The van der Waals surface area contributed by atoms with Gasteiger partial charge in [-0.3, -0.25) is 4.79 Å². The highest BCUT2D eigenvalue weighted by Gasteiger charge is 2.40. The fourth-order valence-corrected chi connectivity index (χ4v) is 4.78. The molecule has 2 aromatic carbocycles. The molecule has 5 rings (SSSR count). The number of anilines is 1. The minimum absolute atomic E-state index is 0.0310. The van der Waals surface area contributed by atoms with E-state index >= 15 is 0 Å². The molecule has 0 spiro atoms. The first kappa shape index (κ1) is 23.8. The minimum Gasteiger partial charge on any atom is -0.405 e. The number of amides is 1. The number of carbonyl (C=O) groups excluding carboxylic acids is 1. The number of alkyl halides is 3. The lowest BCUT2D eigenvalue weighted by Crippen LogP contribution is -2.45. The van der Waals surface area contributed by atoms with E-state index in [0.717, 1.165) is 10.4 Å². The van der Waals surface area contributed by atoms with Gasteiger partial charge in [0.05, 0.1) is 10.4 Å². The Bertz CT molecular complexity index is 1390. The zero-order valence-corrected chi connectivity index (χ0v) is 20.0. The average molecular weight is 516 g/mol. The van der Waals surface area contributed by atoms with Crippen molar-refractivity contribution in [2.24, 2.45) is 0 Å². The van der Waals surface area contributed by atoms with Gasteiger partial charge in [-0.25, -0.2) is 4.98 Å². The van der Waals surface area contributed by atoms with Crippen LogP contribution in [0, 0.1) is 0 Å². The van der Waals surface area contributed by atoms with Gasteiger partial charge in [-0.2, -0.15) is 4.98 Å². The largest absolute Gasteiger partial charge is 0.573 e. The predicted molar refractivity (Wildman–Crippen MR) is 127 cm³/mol. The molecule has 1 unspecified atom stereocenters. The fourth-order valence-electron chi connectivity index (χ4n) is 3.80. The summed E-state index contributed by atoms with van der Waals surface area (Å²) in [6.45, 7) is 0.456. The van der Waals surface area contributed by atoms with Crippen molar-refractivity contribution in [2.75, 3.05) is 25.5 Å². The van der Waals surface area contributed by atoms with Gasteiger partial charge in [0.1, 0.15) is 17.5 Å². The van der Waals surface area contributed by atoms with Gasteiger partial charge < -0.3 is 19.1 Å². The number of aromatic nitrogens is 3. The molecule has 8 nitrogen and oxygen atoms in total. The van der Waals surface area contributed by atoms with Crippen molar-refractivity contribution in [2.45, 2.75) is 18.8 Å². The minimum atomic E-state index is -4.87. The Kier molecular flexibility index (Phi) is 6.12. The molecule has 0 bridgehead atoms. The summed E-state index contributed by atoms with van der Waals surface area (Å²) >= 11 is 1.42. The maximum absolute atomic E-state index is 13.5. The molecule has 1 aliphatic heterocycles. The molecule has 4 aromatic rings. The molecule has 0 radical (unpaired) electrons. The number of hydrogen-bond donors (Lipinski definition) is 0. The molecule has 0 aliphatic carbocycles. The molecule has 36 heavy (non-hydrogen) atoms. The van der Waals surface area contributed by atoms with Crippen LogP contribution in [-0.2, 0) is 0 Å². The summed E-state index contributed by atoms with van der Waals surface area (Å²) in [5.41, 5.74) is 1.23. The molecule has 186 valence electrons. The quantitative estimate of drug-likeness (QED) is 0.339. The molecular weight excluding hydrogens is 495 g/mol. The van der Waals surface area contributed by atoms with E-state index in [1.807, 2.05) is 49.3 Å². The highest BCUT2D eigenvalue weighted by atomic mass is 32.1. The molecule has 0 N–H and O–H groups in total. The standard InChI is InChI=1S/C24H20F3N5O3S/c1-31(2)23-28-18(19(36-23)14-8-4-3-5-9-14)22(33)32-13-12-16(32)21-29-20(30-35-21)15-10-6-7-11-17(15)34-24(25,26)27/h3-11,16H,12-13H2,1-2H3. The Morgan fingerprint density at radius 3 is 2.50 bits per heavy atom. The van der Waals surface area contributed by atoms with Crippen LogP contribution in [0.3, 0.4) is 0 Å². The second-order valence-electron chi connectivity index (χ2n) is 8.24. The van der Waals surface area contributed by atoms with Crippen LogP contribution in [0.5, 0.6) is 5.75 Å². The average Bonchev–Trinajstić information content (AvgIpc) is 3.46. The first-order valence-corrected chi connectivity index (χ1v) is 11.8. The Morgan fingerprint density at radius 1 is 1.11 bits per heavy atom. The summed E-state index contributed by atoms with van der Waals surface area (Å²) in [5, 5.41) is 4.54. The number of ether oxygens (including phenoxy) is 1. The normalized spacial score (nSPS) is 15.5. The summed E-state index contributed by atoms with van der Waals surface area (Å²) in [7, 11) is 3.71. The molecule has 2 aromatic heterocycles. The van der Waals surface area contributed by atoms with Crippen LogP contribution >= 0.6 is 11.3 Å². The van der Waals surface area contributed by atoms with Gasteiger partial charge in [-0.15, -0.1) is 13.2 Å². The fraction of sp³-hybridized carbons (Fsp3) is 0.250. The van der Waals surface area contributed by atoms with E-state index in [0.29, 0.717) is 23.8 Å². The maximum atomic E-state index is 13.5. The third-order valence-electron chi connectivity index (χ3n) is 5.60. The van der Waals surface area contributed by atoms with Crippen LogP contribution in [0.25, 0.3) is 21.8 Å². The van der Waals surface area contributed by atoms with E-state index in [1.54, 1.807) is 11.0 Å².